The summed E-state index contributed by atoms with van der Waals surface area (Å²) in [6, 6.07) is 1.64. The number of hydrogen-bond acceptors (Lipinski definition) is 5. The van der Waals surface area contributed by atoms with Crippen LogP contribution in [-0.4, -0.2) is 28.2 Å². The first kappa shape index (κ1) is 11.7. The molecule has 0 saturated carbocycles. The molecule has 1 aromatic rings. The highest BCUT2D eigenvalue weighted by Gasteiger charge is 2.17. The second-order valence-corrected chi connectivity index (χ2v) is 4.30. The molecule has 0 aliphatic heterocycles. The van der Waals surface area contributed by atoms with Crippen LogP contribution in [0.5, 0.6) is 0 Å². The Labute approximate surface area is 89.7 Å². The molecule has 0 amide bonds. The minimum atomic E-state index is 0.0166. The lowest BCUT2D eigenvalue weighted by molar-refractivity contribution is 0.220. The van der Waals surface area contributed by atoms with Crippen LogP contribution in [0.3, 0.4) is 0 Å². The summed E-state index contributed by atoms with van der Waals surface area (Å²) in [6.07, 6.45) is 2.35. The van der Waals surface area contributed by atoms with E-state index in [-0.39, 0.29) is 12.0 Å². The quantitative estimate of drug-likeness (QED) is 0.672. The van der Waals surface area contributed by atoms with Crippen LogP contribution in [0.15, 0.2) is 12.3 Å². The Balaban J connectivity index is 2.49. The molecule has 0 radical (unpaired) electrons. The number of aliphatic hydroxyl groups is 1. The number of nitrogen functional groups attached to an aromatic ring is 1. The van der Waals surface area contributed by atoms with Gasteiger partial charge >= 0.3 is 0 Å². The van der Waals surface area contributed by atoms with Crippen molar-refractivity contribution in [1.29, 1.82) is 0 Å². The first-order valence-electron chi connectivity index (χ1n) is 4.97. The lowest BCUT2D eigenvalue weighted by Gasteiger charge is -2.23. The Bertz CT molecular complexity index is 314. The molecule has 0 atom stereocenters. The van der Waals surface area contributed by atoms with Gasteiger partial charge in [0.25, 0.3) is 0 Å². The number of aromatic nitrogens is 2. The van der Waals surface area contributed by atoms with E-state index in [1.165, 1.54) is 0 Å². The summed E-state index contributed by atoms with van der Waals surface area (Å²) < 4.78 is 0. The molecule has 0 bridgehead atoms. The summed E-state index contributed by atoms with van der Waals surface area (Å²) in [5, 5.41) is 12.0. The van der Waals surface area contributed by atoms with Crippen molar-refractivity contribution in [2.24, 2.45) is 5.41 Å². The van der Waals surface area contributed by atoms with Gasteiger partial charge in [-0.15, -0.1) is 0 Å². The van der Waals surface area contributed by atoms with Gasteiger partial charge in [0.1, 0.15) is 5.82 Å². The molecular weight excluding hydrogens is 192 g/mol. The monoisotopic (exact) mass is 210 g/mol. The molecule has 0 aliphatic carbocycles. The zero-order valence-corrected chi connectivity index (χ0v) is 9.20. The normalized spacial score (nSPS) is 11.4. The number of anilines is 2. The molecule has 0 saturated heterocycles. The summed E-state index contributed by atoms with van der Waals surface area (Å²) in [5.74, 6) is 0.980. The minimum absolute atomic E-state index is 0.0166. The Kier molecular flexibility index (Phi) is 3.85. The van der Waals surface area contributed by atoms with Gasteiger partial charge in [0, 0.05) is 19.3 Å². The molecule has 0 aromatic carbocycles. The highest BCUT2D eigenvalue weighted by molar-refractivity contribution is 5.35. The van der Waals surface area contributed by atoms with E-state index >= 15 is 0 Å². The van der Waals surface area contributed by atoms with Gasteiger partial charge in [-0.25, -0.2) is 4.98 Å². The fourth-order valence-corrected chi connectivity index (χ4v) is 1.17. The maximum absolute atomic E-state index is 8.86. The molecule has 0 unspecified atom stereocenters. The van der Waals surface area contributed by atoms with Crippen molar-refractivity contribution in [3.8, 4) is 0 Å². The third-order valence-electron chi connectivity index (χ3n) is 2.19. The van der Waals surface area contributed by atoms with Crippen LogP contribution in [0.25, 0.3) is 0 Å². The molecule has 1 heterocycles. The van der Waals surface area contributed by atoms with E-state index in [0.717, 1.165) is 6.42 Å². The Hall–Kier alpha value is -1.36. The molecule has 0 spiro atoms. The molecule has 4 N–H and O–H groups in total. The van der Waals surface area contributed by atoms with E-state index in [4.69, 9.17) is 10.8 Å². The molecule has 84 valence electrons. The lowest BCUT2D eigenvalue weighted by Crippen LogP contribution is -2.25. The van der Waals surface area contributed by atoms with Crippen LogP contribution in [-0.2, 0) is 0 Å². The molecule has 1 rings (SSSR count). The number of aliphatic hydroxyl groups excluding tert-OH is 1. The molecule has 0 aliphatic rings. The SMILES string of the molecule is CC(C)(CCO)CNc1nccc(N)n1. The smallest absolute Gasteiger partial charge is 0.224 e. The van der Waals surface area contributed by atoms with E-state index in [2.05, 4.69) is 29.1 Å². The maximum Gasteiger partial charge on any atom is 0.224 e. The minimum Gasteiger partial charge on any atom is -0.396 e. The third-order valence-corrected chi connectivity index (χ3v) is 2.19. The first-order chi connectivity index (χ1) is 7.03. The van der Waals surface area contributed by atoms with Gasteiger partial charge in [0.05, 0.1) is 0 Å². The van der Waals surface area contributed by atoms with Crippen molar-refractivity contribution < 1.29 is 5.11 Å². The van der Waals surface area contributed by atoms with E-state index in [9.17, 15) is 0 Å². The first-order valence-corrected chi connectivity index (χ1v) is 4.97. The summed E-state index contributed by atoms with van der Waals surface area (Å²) in [6.45, 7) is 5.04. The summed E-state index contributed by atoms with van der Waals surface area (Å²) in [7, 11) is 0. The van der Waals surface area contributed by atoms with E-state index < -0.39 is 0 Å². The number of nitrogens with zero attached hydrogens (tertiary/aromatic N) is 2. The van der Waals surface area contributed by atoms with E-state index in [1.807, 2.05) is 0 Å². The number of rotatable bonds is 5. The van der Waals surface area contributed by atoms with Gasteiger partial charge in [-0.1, -0.05) is 13.8 Å². The van der Waals surface area contributed by atoms with Crippen LogP contribution in [0.2, 0.25) is 0 Å². The standard InChI is InChI=1S/C10H18N4O/c1-10(2,4-6-15)7-13-9-12-5-3-8(11)14-9/h3,5,15H,4,6-7H2,1-2H3,(H3,11,12,13,14). The summed E-state index contributed by atoms with van der Waals surface area (Å²) in [5.41, 5.74) is 5.54. The number of nitrogens with two attached hydrogens (primary N) is 1. The molecular formula is C10H18N4O. The number of hydrogen-bond donors (Lipinski definition) is 3. The van der Waals surface area contributed by atoms with Gasteiger partial charge in [-0.3, -0.25) is 0 Å². The van der Waals surface area contributed by atoms with Crippen molar-refractivity contribution in [3.05, 3.63) is 12.3 Å². The zero-order valence-electron chi connectivity index (χ0n) is 9.20. The van der Waals surface area contributed by atoms with Crippen molar-refractivity contribution in [2.45, 2.75) is 20.3 Å². The predicted molar refractivity (Wildman–Crippen MR) is 60.4 cm³/mol. The molecule has 0 fully saturated rings. The Morgan fingerprint density at radius 2 is 2.27 bits per heavy atom. The van der Waals surface area contributed by atoms with Gasteiger partial charge < -0.3 is 16.2 Å². The average molecular weight is 210 g/mol. The Morgan fingerprint density at radius 1 is 1.53 bits per heavy atom. The van der Waals surface area contributed by atoms with Crippen LogP contribution < -0.4 is 11.1 Å². The average Bonchev–Trinajstić information content (AvgIpc) is 2.15. The van der Waals surface area contributed by atoms with E-state index in [1.54, 1.807) is 12.3 Å². The lowest BCUT2D eigenvalue weighted by atomic mass is 9.90. The van der Waals surface area contributed by atoms with Gasteiger partial charge in [0.2, 0.25) is 5.95 Å². The third kappa shape index (κ3) is 4.12. The van der Waals surface area contributed by atoms with Gasteiger partial charge in [-0.05, 0) is 17.9 Å². The summed E-state index contributed by atoms with van der Waals surface area (Å²) in [4.78, 5) is 8.07. The zero-order chi connectivity index (χ0) is 11.3. The van der Waals surface area contributed by atoms with Crippen LogP contribution in [0.1, 0.15) is 20.3 Å². The van der Waals surface area contributed by atoms with Crippen LogP contribution in [0.4, 0.5) is 11.8 Å². The molecule has 15 heavy (non-hydrogen) atoms. The second-order valence-electron chi connectivity index (χ2n) is 4.30. The van der Waals surface area contributed by atoms with Crippen molar-refractivity contribution >= 4 is 11.8 Å². The highest BCUT2D eigenvalue weighted by Crippen LogP contribution is 2.19. The summed E-state index contributed by atoms with van der Waals surface area (Å²) >= 11 is 0. The number of nitrogens with one attached hydrogen (secondary N) is 1. The topological polar surface area (TPSA) is 84.1 Å². The predicted octanol–water partition coefficient (Wildman–Crippen LogP) is 0.879. The molecule has 5 heteroatoms. The maximum atomic E-state index is 8.86. The van der Waals surface area contributed by atoms with Gasteiger partial charge in [0.15, 0.2) is 0 Å². The fraction of sp³-hybridized carbons (Fsp3) is 0.600. The highest BCUT2D eigenvalue weighted by atomic mass is 16.3. The Morgan fingerprint density at radius 3 is 2.87 bits per heavy atom. The van der Waals surface area contributed by atoms with Gasteiger partial charge in [-0.2, -0.15) is 4.98 Å². The largest absolute Gasteiger partial charge is 0.396 e. The van der Waals surface area contributed by atoms with Crippen molar-refractivity contribution in [3.63, 3.8) is 0 Å². The van der Waals surface area contributed by atoms with Crippen LogP contribution in [0, 0.1) is 5.41 Å². The molecule has 1 aromatic heterocycles. The fourth-order valence-electron chi connectivity index (χ4n) is 1.17. The second kappa shape index (κ2) is 4.93. The van der Waals surface area contributed by atoms with Crippen molar-refractivity contribution in [2.75, 3.05) is 24.2 Å². The molecule has 5 nitrogen and oxygen atoms in total. The van der Waals surface area contributed by atoms with E-state index in [0.29, 0.717) is 18.3 Å². The van der Waals surface area contributed by atoms with Crippen LogP contribution >= 0.6 is 0 Å². The van der Waals surface area contributed by atoms with Crippen molar-refractivity contribution in [1.82, 2.24) is 9.97 Å².